The summed E-state index contributed by atoms with van der Waals surface area (Å²) in [6, 6.07) is 5.92. The summed E-state index contributed by atoms with van der Waals surface area (Å²) in [7, 11) is 0. The van der Waals surface area contributed by atoms with Crippen LogP contribution in [0.3, 0.4) is 0 Å². The number of hydrogen-bond donors (Lipinski definition) is 1. The quantitative estimate of drug-likeness (QED) is 0.894. The summed E-state index contributed by atoms with van der Waals surface area (Å²) in [6.45, 7) is 6.64. The van der Waals surface area contributed by atoms with Gasteiger partial charge in [-0.15, -0.1) is 0 Å². The average Bonchev–Trinajstić information content (AvgIpc) is 2.27. The molecular weight excluding hydrogens is 254 g/mol. The predicted octanol–water partition coefficient (Wildman–Crippen LogP) is 3.16. The largest absolute Gasteiger partial charge is 0.392 e. The molecule has 1 heterocycles. The van der Waals surface area contributed by atoms with Crippen LogP contribution in [0.25, 0.3) is 0 Å². The lowest BCUT2D eigenvalue weighted by Crippen LogP contribution is -2.40. The monoisotopic (exact) mass is 271 g/mol. The normalized spacial score (nSPS) is 25.1. The van der Waals surface area contributed by atoms with Gasteiger partial charge < -0.3 is 10.0 Å². The molecule has 0 aromatic heterocycles. The second-order valence-corrected chi connectivity index (χ2v) is 6.88. The number of anilines is 1. The van der Waals surface area contributed by atoms with Gasteiger partial charge in [0.25, 0.3) is 0 Å². The molecule has 1 saturated heterocycles. The molecule has 1 aliphatic heterocycles. The lowest BCUT2D eigenvalue weighted by molar-refractivity contribution is 0.282. The van der Waals surface area contributed by atoms with Gasteiger partial charge in [0.15, 0.2) is 0 Å². The highest BCUT2D eigenvalue weighted by Crippen LogP contribution is 2.30. The molecule has 2 nitrogen and oxygen atoms in total. The highest BCUT2D eigenvalue weighted by atomic mass is 35.5. The van der Waals surface area contributed by atoms with E-state index in [0.29, 0.717) is 15.5 Å². The zero-order chi connectivity index (χ0) is 12.4. The van der Waals surface area contributed by atoms with Crippen LogP contribution in [0.4, 0.5) is 5.69 Å². The lowest BCUT2D eigenvalue weighted by atomic mass is 10.2. The fraction of sp³-hybridized carbons (Fsp3) is 0.538. The number of hydrogen-bond acceptors (Lipinski definition) is 3. The van der Waals surface area contributed by atoms with E-state index >= 15 is 0 Å². The molecule has 0 bridgehead atoms. The maximum absolute atomic E-state index is 9.10. The average molecular weight is 272 g/mol. The van der Waals surface area contributed by atoms with Gasteiger partial charge in [0.05, 0.1) is 6.61 Å². The van der Waals surface area contributed by atoms with Crippen molar-refractivity contribution in [3.05, 3.63) is 28.8 Å². The molecule has 0 saturated carbocycles. The molecular formula is C13H18ClNOS. The van der Waals surface area contributed by atoms with Crippen LogP contribution in [0, 0.1) is 0 Å². The van der Waals surface area contributed by atoms with Gasteiger partial charge in [0.1, 0.15) is 0 Å². The highest BCUT2D eigenvalue weighted by molar-refractivity contribution is 8.00. The van der Waals surface area contributed by atoms with Crippen molar-refractivity contribution in [2.24, 2.45) is 0 Å². The van der Waals surface area contributed by atoms with Gasteiger partial charge >= 0.3 is 0 Å². The Morgan fingerprint density at radius 1 is 1.35 bits per heavy atom. The number of thioether (sulfide) groups is 1. The van der Waals surface area contributed by atoms with Gasteiger partial charge in [0, 0.05) is 34.3 Å². The Bertz CT molecular complexity index is 389. The number of aliphatic hydroxyl groups is 1. The number of benzene rings is 1. The summed E-state index contributed by atoms with van der Waals surface area (Å²) in [5.74, 6) is 0. The summed E-state index contributed by atoms with van der Waals surface area (Å²) in [5, 5.41) is 11.1. The first-order chi connectivity index (χ1) is 8.10. The molecule has 1 fully saturated rings. The molecule has 1 aromatic rings. The summed E-state index contributed by atoms with van der Waals surface area (Å²) >= 11 is 8.17. The third kappa shape index (κ3) is 3.09. The molecule has 1 N–H and O–H groups in total. The van der Waals surface area contributed by atoms with E-state index in [1.807, 2.05) is 30.0 Å². The third-order valence-corrected chi connectivity index (χ3v) is 4.57. The van der Waals surface area contributed by atoms with E-state index in [4.69, 9.17) is 16.7 Å². The topological polar surface area (TPSA) is 23.5 Å². The first-order valence-corrected chi connectivity index (χ1v) is 7.22. The number of nitrogens with zero attached hydrogens (tertiary/aromatic N) is 1. The Balaban J connectivity index is 2.19. The first-order valence-electron chi connectivity index (χ1n) is 5.90. The summed E-state index contributed by atoms with van der Waals surface area (Å²) in [5.41, 5.74) is 1.95. The molecule has 0 amide bonds. The van der Waals surface area contributed by atoms with Gasteiger partial charge in [-0.25, -0.2) is 0 Å². The van der Waals surface area contributed by atoms with Crippen LogP contribution < -0.4 is 4.90 Å². The molecule has 2 unspecified atom stereocenters. The molecule has 0 aliphatic carbocycles. The lowest BCUT2D eigenvalue weighted by Gasteiger charge is -2.36. The van der Waals surface area contributed by atoms with Crippen LogP contribution in [0.15, 0.2) is 18.2 Å². The maximum atomic E-state index is 9.10. The van der Waals surface area contributed by atoms with Crippen LogP contribution in [0.2, 0.25) is 5.02 Å². The minimum atomic E-state index is 0.00176. The third-order valence-electron chi connectivity index (χ3n) is 2.99. The molecule has 2 atom stereocenters. The molecule has 1 aliphatic rings. The van der Waals surface area contributed by atoms with Crippen LogP contribution in [-0.4, -0.2) is 28.7 Å². The Morgan fingerprint density at radius 2 is 2.00 bits per heavy atom. The minimum absolute atomic E-state index is 0.00176. The number of rotatable bonds is 2. The second kappa shape index (κ2) is 5.51. The van der Waals surface area contributed by atoms with Crippen molar-refractivity contribution in [2.45, 2.75) is 31.0 Å². The van der Waals surface area contributed by atoms with Crippen LogP contribution in [-0.2, 0) is 6.61 Å². The molecule has 4 heteroatoms. The van der Waals surface area contributed by atoms with Crippen molar-refractivity contribution in [2.75, 3.05) is 18.0 Å². The van der Waals surface area contributed by atoms with Crippen molar-refractivity contribution in [1.82, 2.24) is 0 Å². The van der Waals surface area contributed by atoms with E-state index in [1.54, 1.807) is 0 Å². The summed E-state index contributed by atoms with van der Waals surface area (Å²) in [6.07, 6.45) is 0. The van der Waals surface area contributed by atoms with Gasteiger partial charge in [-0.3, -0.25) is 0 Å². The van der Waals surface area contributed by atoms with E-state index in [2.05, 4.69) is 18.7 Å². The molecule has 94 valence electrons. The number of halogens is 1. The van der Waals surface area contributed by atoms with E-state index in [0.717, 1.165) is 24.3 Å². The zero-order valence-corrected chi connectivity index (χ0v) is 11.8. The molecule has 1 aromatic carbocycles. The van der Waals surface area contributed by atoms with Crippen LogP contribution >= 0.6 is 23.4 Å². The van der Waals surface area contributed by atoms with Crippen molar-refractivity contribution in [3.63, 3.8) is 0 Å². The first kappa shape index (κ1) is 13.1. The van der Waals surface area contributed by atoms with Crippen molar-refractivity contribution >= 4 is 29.1 Å². The minimum Gasteiger partial charge on any atom is -0.392 e. The van der Waals surface area contributed by atoms with E-state index in [9.17, 15) is 0 Å². The standard InChI is InChI=1S/C13H18ClNOS/c1-9-6-15(7-10(2)17-9)12-4-3-11(8-16)13(14)5-12/h3-5,9-10,16H,6-8H2,1-2H3. The van der Waals surface area contributed by atoms with Gasteiger partial charge in [-0.2, -0.15) is 11.8 Å². The predicted molar refractivity (Wildman–Crippen MR) is 76.1 cm³/mol. The van der Waals surface area contributed by atoms with E-state index in [-0.39, 0.29) is 6.61 Å². The van der Waals surface area contributed by atoms with Crippen molar-refractivity contribution in [1.29, 1.82) is 0 Å². The smallest absolute Gasteiger partial charge is 0.0696 e. The Labute approximate surface area is 112 Å². The summed E-state index contributed by atoms with van der Waals surface area (Å²) in [4.78, 5) is 2.37. The van der Waals surface area contributed by atoms with E-state index < -0.39 is 0 Å². The molecule has 17 heavy (non-hydrogen) atoms. The molecule has 0 radical (unpaired) electrons. The van der Waals surface area contributed by atoms with Gasteiger partial charge in [0.2, 0.25) is 0 Å². The Morgan fingerprint density at radius 3 is 2.53 bits per heavy atom. The molecule has 0 spiro atoms. The van der Waals surface area contributed by atoms with Crippen molar-refractivity contribution < 1.29 is 5.11 Å². The van der Waals surface area contributed by atoms with Crippen LogP contribution in [0.5, 0.6) is 0 Å². The Kier molecular flexibility index (Phi) is 4.23. The van der Waals surface area contributed by atoms with Crippen molar-refractivity contribution in [3.8, 4) is 0 Å². The fourth-order valence-corrected chi connectivity index (χ4v) is 3.81. The second-order valence-electron chi connectivity index (χ2n) is 4.60. The fourth-order valence-electron chi connectivity index (χ4n) is 2.25. The zero-order valence-electron chi connectivity index (χ0n) is 10.2. The van der Waals surface area contributed by atoms with E-state index in [1.165, 1.54) is 0 Å². The highest BCUT2D eigenvalue weighted by Gasteiger charge is 2.22. The number of aliphatic hydroxyl groups excluding tert-OH is 1. The summed E-state index contributed by atoms with van der Waals surface area (Å²) < 4.78 is 0. The molecule has 2 rings (SSSR count). The maximum Gasteiger partial charge on any atom is 0.0696 e. The van der Waals surface area contributed by atoms with Crippen LogP contribution in [0.1, 0.15) is 19.4 Å². The SMILES string of the molecule is CC1CN(c2ccc(CO)c(Cl)c2)CC(C)S1. The van der Waals surface area contributed by atoms with Gasteiger partial charge in [-0.1, -0.05) is 31.5 Å². The Hall–Kier alpha value is -0.380. The van der Waals surface area contributed by atoms with Gasteiger partial charge in [-0.05, 0) is 17.7 Å².